The van der Waals surface area contributed by atoms with Crippen molar-refractivity contribution < 1.29 is 11.0 Å². The van der Waals surface area contributed by atoms with E-state index in [4.69, 9.17) is 0 Å². The van der Waals surface area contributed by atoms with Gasteiger partial charge in [0.15, 0.2) is 0 Å². The van der Waals surface area contributed by atoms with E-state index in [-0.39, 0.29) is 19.3 Å². The lowest BCUT2D eigenvalue weighted by Gasteiger charge is -2.40. The fourth-order valence-corrected chi connectivity index (χ4v) is 3.80. The number of hydrogen-bond acceptors (Lipinski definition) is 3. The highest BCUT2D eigenvalue weighted by atomic mass is 16.2. The molecule has 1 saturated heterocycles. The molecule has 1 N–H and O–H groups in total. The molecule has 3 rings (SSSR count). The number of benzene rings is 2. The summed E-state index contributed by atoms with van der Waals surface area (Å²) in [7, 11) is 0. The molecule has 5 nitrogen and oxygen atoms in total. The van der Waals surface area contributed by atoms with Crippen molar-refractivity contribution in [3.63, 3.8) is 0 Å². The Morgan fingerprint density at radius 1 is 1.25 bits per heavy atom. The number of nitrogens with one attached hydrogen (secondary N) is 1. The second-order valence-corrected chi connectivity index (χ2v) is 7.32. The summed E-state index contributed by atoms with van der Waals surface area (Å²) >= 11 is 0. The molecule has 1 fully saturated rings. The van der Waals surface area contributed by atoms with E-state index in [1.54, 1.807) is 6.20 Å². The van der Waals surface area contributed by atoms with Crippen LogP contribution in [0.1, 0.15) is 26.8 Å². The fraction of sp³-hybridized carbons (Fsp3) is 0.391. The first-order valence-corrected chi connectivity index (χ1v) is 9.97. The van der Waals surface area contributed by atoms with E-state index in [0.717, 1.165) is 38.9 Å². The molecule has 1 atom stereocenters. The zero-order valence-electron chi connectivity index (χ0n) is 16.6. The lowest BCUT2D eigenvalue weighted by molar-refractivity contribution is -0.140. The predicted octanol–water partition coefficient (Wildman–Crippen LogP) is 3.20. The van der Waals surface area contributed by atoms with Crippen LogP contribution in [0.15, 0.2) is 55.2 Å². The highest BCUT2D eigenvalue weighted by Crippen LogP contribution is 2.19. The maximum atomic E-state index is 13.0. The molecule has 1 heterocycles. The van der Waals surface area contributed by atoms with Gasteiger partial charge < -0.3 is 15.1 Å². The van der Waals surface area contributed by atoms with Crippen LogP contribution in [-0.2, 0) is 16.0 Å². The molecule has 0 spiro atoms. The second-order valence-electron chi connectivity index (χ2n) is 7.32. The summed E-state index contributed by atoms with van der Waals surface area (Å²) < 4.78 is 0. The van der Waals surface area contributed by atoms with E-state index in [2.05, 4.69) is 48.3 Å². The molecule has 0 radical (unpaired) electrons. The third-order valence-corrected chi connectivity index (χ3v) is 5.37. The summed E-state index contributed by atoms with van der Waals surface area (Å²) in [5.41, 5.74) is 1.25. The number of amides is 2. The van der Waals surface area contributed by atoms with Crippen LogP contribution in [0.4, 0.5) is 0 Å². The maximum absolute atomic E-state index is 13.0. The van der Waals surface area contributed by atoms with Gasteiger partial charge in [0.1, 0.15) is 6.04 Å². The summed E-state index contributed by atoms with van der Waals surface area (Å²) in [4.78, 5) is 28.0. The van der Waals surface area contributed by atoms with Crippen LogP contribution in [0.2, 0.25) is 0 Å². The molecule has 0 aliphatic carbocycles. The monoisotopic (exact) mass is 381 g/mol. The Morgan fingerprint density at radius 3 is 2.79 bits per heavy atom. The Hall–Kier alpha value is -2.82. The number of piperazine rings is 1. The standard InChI is InChI=1S/C23H29N3O2.H2/c1-3-25-15-16-26(23(28)22(25)9-6-13-24-18(2)27)14-12-19-10-11-20-7-4-5-8-21(20)17-19;/h3-5,7-8,10-11,17,22H,1,6,9,12-16H2,2H3,(H,24,27);1H/t22-;/m0./s1. The Bertz CT molecular complexity index is 855. The van der Waals surface area contributed by atoms with Crippen molar-refractivity contribution in [2.75, 3.05) is 26.2 Å². The lowest BCUT2D eigenvalue weighted by atomic mass is 10.0. The van der Waals surface area contributed by atoms with Crippen LogP contribution in [0, 0.1) is 0 Å². The first kappa shape index (κ1) is 19.9. The maximum Gasteiger partial charge on any atom is 0.245 e. The lowest BCUT2D eigenvalue weighted by Crippen LogP contribution is -2.55. The Labute approximate surface area is 168 Å². The molecular formula is C23H31N3O2. The van der Waals surface area contributed by atoms with Crippen LogP contribution in [0.3, 0.4) is 0 Å². The zero-order chi connectivity index (χ0) is 19.9. The van der Waals surface area contributed by atoms with Crippen molar-refractivity contribution in [3.8, 4) is 0 Å². The summed E-state index contributed by atoms with van der Waals surface area (Å²) in [5.74, 6) is 0.127. The van der Waals surface area contributed by atoms with Crippen LogP contribution in [-0.4, -0.2) is 53.8 Å². The summed E-state index contributed by atoms with van der Waals surface area (Å²) in [6, 6.07) is 14.7. The Balaban J connectivity index is 0.00000300. The molecular weight excluding hydrogens is 350 g/mol. The third-order valence-electron chi connectivity index (χ3n) is 5.37. The number of carbonyl (C=O) groups is 2. The molecule has 0 saturated carbocycles. The number of fused-ring (bicyclic) bond motifs is 1. The molecule has 150 valence electrons. The molecule has 2 amide bonds. The molecule has 28 heavy (non-hydrogen) atoms. The van der Waals surface area contributed by atoms with Crippen molar-refractivity contribution in [1.82, 2.24) is 15.1 Å². The van der Waals surface area contributed by atoms with E-state index < -0.39 is 0 Å². The van der Waals surface area contributed by atoms with Gasteiger partial charge in [-0.2, -0.15) is 0 Å². The van der Waals surface area contributed by atoms with E-state index >= 15 is 0 Å². The van der Waals surface area contributed by atoms with Gasteiger partial charge in [0.2, 0.25) is 11.8 Å². The fourth-order valence-electron chi connectivity index (χ4n) is 3.80. The molecule has 5 heteroatoms. The largest absolute Gasteiger partial charge is 0.364 e. The van der Waals surface area contributed by atoms with Crippen molar-refractivity contribution in [1.29, 1.82) is 0 Å². The SMILES string of the molecule is C=CN1CCN(CCc2ccc3ccccc3c2)C(=O)[C@@H]1CCCNC(C)=O.[HH]. The van der Waals surface area contributed by atoms with Gasteiger partial charge in [-0.05, 0) is 41.8 Å². The van der Waals surface area contributed by atoms with E-state index in [1.165, 1.54) is 23.3 Å². The minimum Gasteiger partial charge on any atom is -0.364 e. The Morgan fingerprint density at radius 2 is 2.04 bits per heavy atom. The van der Waals surface area contributed by atoms with Gasteiger partial charge >= 0.3 is 0 Å². The first-order valence-electron chi connectivity index (χ1n) is 9.97. The van der Waals surface area contributed by atoms with E-state index in [1.807, 2.05) is 15.9 Å². The quantitative estimate of drug-likeness (QED) is 0.715. The van der Waals surface area contributed by atoms with Gasteiger partial charge in [-0.15, -0.1) is 0 Å². The van der Waals surface area contributed by atoms with Crippen LogP contribution < -0.4 is 5.32 Å². The van der Waals surface area contributed by atoms with Crippen molar-refractivity contribution in [2.45, 2.75) is 32.2 Å². The summed E-state index contributed by atoms with van der Waals surface area (Å²) in [6.07, 6.45) is 4.11. The van der Waals surface area contributed by atoms with Crippen molar-refractivity contribution >= 4 is 22.6 Å². The highest BCUT2D eigenvalue weighted by molar-refractivity contribution is 5.84. The molecule has 1 aliphatic rings. The minimum atomic E-state index is -0.184. The molecule has 2 aromatic carbocycles. The minimum absolute atomic E-state index is 0. The van der Waals surface area contributed by atoms with Gasteiger partial charge in [-0.3, -0.25) is 9.59 Å². The molecule has 1 aliphatic heterocycles. The molecule has 0 aromatic heterocycles. The van der Waals surface area contributed by atoms with Gasteiger partial charge in [0, 0.05) is 34.5 Å². The third kappa shape index (κ3) is 4.91. The molecule has 0 unspecified atom stereocenters. The van der Waals surface area contributed by atoms with Gasteiger partial charge in [0.25, 0.3) is 0 Å². The molecule has 2 aromatic rings. The average Bonchev–Trinajstić information content (AvgIpc) is 2.70. The van der Waals surface area contributed by atoms with Crippen LogP contribution >= 0.6 is 0 Å². The highest BCUT2D eigenvalue weighted by Gasteiger charge is 2.32. The number of nitrogens with zero attached hydrogens (tertiary/aromatic N) is 2. The first-order chi connectivity index (χ1) is 13.6. The normalized spacial score (nSPS) is 17.0. The topological polar surface area (TPSA) is 52.6 Å². The van der Waals surface area contributed by atoms with Gasteiger partial charge in [-0.1, -0.05) is 49.0 Å². The average molecular weight is 382 g/mol. The van der Waals surface area contributed by atoms with E-state index in [9.17, 15) is 9.59 Å². The van der Waals surface area contributed by atoms with Crippen molar-refractivity contribution in [2.24, 2.45) is 0 Å². The number of carbonyl (C=O) groups excluding carboxylic acids is 2. The van der Waals surface area contributed by atoms with E-state index in [0.29, 0.717) is 6.54 Å². The summed E-state index contributed by atoms with van der Waals surface area (Å²) in [5, 5.41) is 5.27. The summed E-state index contributed by atoms with van der Waals surface area (Å²) in [6.45, 7) is 8.22. The smallest absolute Gasteiger partial charge is 0.245 e. The Kier molecular flexibility index (Phi) is 6.69. The van der Waals surface area contributed by atoms with Crippen LogP contribution in [0.5, 0.6) is 0 Å². The predicted molar refractivity (Wildman–Crippen MR) is 115 cm³/mol. The second kappa shape index (κ2) is 9.40. The van der Waals surface area contributed by atoms with Gasteiger partial charge in [0.05, 0.1) is 0 Å². The van der Waals surface area contributed by atoms with Crippen molar-refractivity contribution in [3.05, 3.63) is 60.8 Å². The zero-order valence-corrected chi connectivity index (χ0v) is 16.6. The number of hydrogen-bond donors (Lipinski definition) is 1. The van der Waals surface area contributed by atoms with Gasteiger partial charge in [-0.25, -0.2) is 0 Å². The number of rotatable bonds is 8. The van der Waals surface area contributed by atoms with Crippen LogP contribution in [0.25, 0.3) is 10.8 Å². The molecule has 0 bridgehead atoms.